The van der Waals surface area contributed by atoms with Crippen molar-refractivity contribution in [1.29, 1.82) is 0 Å². The molecule has 0 atom stereocenters. The number of Topliss-reactive ketones (excluding diaryl/α,β-unsaturated/α-hetero) is 1. The summed E-state index contributed by atoms with van der Waals surface area (Å²) in [5, 5.41) is 0. The second-order valence-electron chi connectivity index (χ2n) is 5.91. The lowest BCUT2D eigenvalue weighted by Gasteiger charge is -2.05. The maximum Gasteiger partial charge on any atom is 0.196 e. The predicted octanol–water partition coefficient (Wildman–Crippen LogP) is 5.13. The number of H-pyrrole nitrogens is 1. The van der Waals surface area contributed by atoms with E-state index in [2.05, 4.69) is 9.97 Å². The van der Waals surface area contributed by atoms with Gasteiger partial charge in [0.15, 0.2) is 5.78 Å². The molecule has 4 heteroatoms. The lowest BCUT2D eigenvalue weighted by atomic mass is 10.0. The number of fused-ring (bicyclic) bond motifs is 1. The van der Waals surface area contributed by atoms with Gasteiger partial charge in [0.25, 0.3) is 0 Å². The number of nitrogens with one attached hydrogen (secondary N) is 1. The summed E-state index contributed by atoms with van der Waals surface area (Å²) in [5.74, 6) is 0.0279. The minimum Gasteiger partial charge on any atom is -0.338 e. The van der Waals surface area contributed by atoms with Gasteiger partial charge in [0.1, 0.15) is 11.6 Å². The Hall–Kier alpha value is -3.53. The van der Waals surface area contributed by atoms with E-state index >= 15 is 0 Å². The molecule has 1 aromatic heterocycles. The fourth-order valence-corrected chi connectivity index (χ4v) is 2.79. The SMILES string of the molecule is O=C(/C(=C/c1ccc(F)cc1)c1nc2ccccc2[nH]1)c1ccccc1. The first-order valence-corrected chi connectivity index (χ1v) is 8.23. The Morgan fingerprint density at radius 1 is 0.885 bits per heavy atom. The molecule has 0 aliphatic rings. The highest BCUT2D eigenvalue weighted by molar-refractivity contribution is 6.31. The van der Waals surface area contributed by atoms with Crippen LogP contribution < -0.4 is 0 Å². The lowest BCUT2D eigenvalue weighted by molar-refractivity contribution is 0.105. The van der Waals surface area contributed by atoms with Crippen molar-refractivity contribution in [2.24, 2.45) is 0 Å². The monoisotopic (exact) mass is 342 g/mol. The summed E-state index contributed by atoms with van der Waals surface area (Å²) < 4.78 is 13.2. The molecule has 3 nitrogen and oxygen atoms in total. The standard InChI is InChI=1S/C22H15FN2O/c23-17-12-10-15(11-13-17)14-18(21(26)16-6-2-1-3-7-16)22-24-19-8-4-5-9-20(19)25-22/h1-14H,(H,24,25)/b18-14-. The zero-order valence-electron chi connectivity index (χ0n) is 13.8. The number of ketones is 1. The average Bonchev–Trinajstić information content (AvgIpc) is 3.11. The van der Waals surface area contributed by atoms with E-state index in [4.69, 9.17) is 0 Å². The number of benzene rings is 3. The number of halogens is 1. The largest absolute Gasteiger partial charge is 0.338 e. The van der Waals surface area contributed by atoms with Crippen LogP contribution in [0.1, 0.15) is 21.7 Å². The molecule has 0 bridgehead atoms. The zero-order valence-corrected chi connectivity index (χ0v) is 13.8. The van der Waals surface area contributed by atoms with Gasteiger partial charge in [-0.15, -0.1) is 0 Å². The predicted molar refractivity (Wildman–Crippen MR) is 101 cm³/mol. The Bertz CT molecular complexity index is 1060. The van der Waals surface area contributed by atoms with Crippen molar-refractivity contribution < 1.29 is 9.18 Å². The summed E-state index contributed by atoms with van der Waals surface area (Å²) >= 11 is 0. The smallest absolute Gasteiger partial charge is 0.196 e. The van der Waals surface area contributed by atoms with Gasteiger partial charge in [-0.2, -0.15) is 0 Å². The molecule has 3 aromatic carbocycles. The quantitative estimate of drug-likeness (QED) is 0.413. The number of aromatic amines is 1. The molecule has 126 valence electrons. The average molecular weight is 342 g/mol. The molecule has 0 spiro atoms. The fourth-order valence-electron chi connectivity index (χ4n) is 2.79. The van der Waals surface area contributed by atoms with E-state index in [-0.39, 0.29) is 11.6 Å². The molecule has 0 amide bonds. The van der Waals surface area contributed by atoms with E-state index < -0.39 is 0 Å². The molecule has 1 heterocycles. The summed E-state index contributed by atoms with van der Waals surface area (Å²) in [5.41, 5.74) is 3.37. The molecule has 0 unspecified atom stereocenters. The summed E-state index contributed by atoms with van der Waals surface area (Å²) in [6, 6.07) is 22.7. The molecule has 4 aromatic rings. The molecule has 0 radical (unpaired) electrons. The fraction of sp³-hybridized carbons (Fsp3) is 0. The molecule has 0 fully saturated rings. The van der Waals surface area contributed by atoms with Crippen molar-refractivity contribution >= 4 is 28.5 Å². The Balaban J connectivity index is 1.85. The maximum absolute atomic E-state index is 13.2. The topological polar surface area (TPSA) is 45.8 Å². The van der Waals surface area contributed by atoms with E-state index in [9.17, 15) is 9.18 Å². The molecule has 0 saturated heterocycles. The summed E-state index contributed by atoms with van der Waals surface area (Å²) in [6.45, 7) is 0. The minimum absolute atomic E-state index is 0.144. The summed E-state index contributed by atoms with van der Waals surface area (Å²) in [6.07, 6.45) is 1.73. The maximum atomic E-state index is 13.2. The number of hydrogen-bond donors (Lipinski definition) is 1. The second-order valence-corrected chi connectivity index (χ2v) is 5.91. The lowest BCUT2D eigenvalue weighted by Crippen LogP contribution is -2.04. The number of para-hydroxylation sites is 2. The first-order valence-electron chi connectivity index (χ1n) is 8.23. The van der Waals surface area contributed by atoms with Gasteiger partial charge in [0, 0.05) is 5.56 Å². The van der Waals surface area contributed by atoms with Gasteiger partial charge in [-0.1, -0.05) is 54.6 Å². The third-order valence-corrected chi connectivity index (χ3v) is 4.11. The van der Waals surface area contributed by atoms with Crippen molar-refractivity contribution in [3.63, 3.8) is 0 Å². The van der Waals surface area contributed by atoms with Crippen LogP contribution >= 0.6 is 0 Å². The molecular weight excluding hydrogens is 327 g/mol. The van der Waals surface area contributed by atoms with E-state index in [1.165, 1.54) is 12.1 Å². The van der Waals surface area contributed by atoms with Gasteiger partial charge in [0.2, 0.25) is 0 Å². The number of hydrogen-bond acceptors (Lipinski definition) is 2. The Kier molecular flexibility index (Phi) is 4.15. The van der Waals surface area contributed by atoms with Gasteiger partial charge < -0.3 is 4.98 Å². The summed E-state index contributed by atoms with van der Waals surface area (Å²) in [4.78, 5) is 20.8. The molecular formula is C22H15FN2O. The van der Waals surface area contributed by atoms with Crippen LogP contribution in [0, 0.1) is 5.82 Å². The minimum atomic E-state index is -0.318. The number of imidazole rings is 1. The van der Waals surface area contributed by atoms with Crippen LogP contribution in [0.2, 0.25) is 0 Å². The number of nitrogens with zero attached hydrogens (tertiary/aromatic N) is 1. The van der Waals surface area contributed by atoms with Crippen LogP contribution in [-0.2, 0) is 0 Å². The molecule has 0 aliphatic heterocycles. The second kappa shape index (κ2) is 6.76. The number of aromatic nitrogens is 2. The van der Waals surface area contributed by atoms with Crippen LogP contribution in [0.5, 0.6) is 0 Å². The normalized spacial score (nSPS) is 11.7. The van der Waals surface area contributed by atoms with Gasteiger partial charge in [-0.3, -0.25) is 4.79 Å². The number of allylic oxidation sites excluding steroid dienone is 1. The van der Waals surface area contributed by atoms with E-state index in [1.54, 1.807) is 30.3 Å². The first kappa shape index (κ1) is 16.0. The highest BCUT2D eigenvalue weighted by Crippen LogP contribution is 2.23. The Morgan fingerprint density at radius 2 is 1.58 bits per heavy atom. The van der Waals surface area contributed by atoms with Crippen molar-refractivity contribution in [3.05, 3.63) is 102 Å². The zero-order chi connectivity index (χ0) is 17.9. The number of carbonyl (C=O) groups is 1. The molecule has 0 aliphatic carbocycles. The van der Waals surface area contributed by atoms with E-state index in [1.807, 2.05) is 42.5 Å². The van der Waals surface area contributed by atoms with Crippen LogP contribution in [0.4, 0.5) is 4.39 Å². The van der Waals surface area contributed by atoms with Crippen LogP contribution in [-0.4, -0.2) is 15.8 Å². The van der Waals surface area contributed by atoms with Crippen molar-refractivity contribution in [3.8, 4) is 0 Å². The Labute approximate surface area is 149 Å². The van der Waals surface area contributed by atoms with Gasteiger partial charge >= 0.3 is 0 Å². The van der Waals surface area contributed by atoms with Crippen molar-refractivity contribution in [1.82, 2.24) is 9.97 Å². The van der Waals surface area contributed by atoms with Gasteiger partial charge in [-0.05, 0) is 35.9 Å². The van der Waals surface area contributed by atoms with E-state index in [0.717, 1.165) is 16.6 Å². The molecule has 0 saturated carbocycles. The first-order chi connectivity index (χ1) is 12.7. The van der Waals surface area contributed by atoms with Crippen LogP contribution in [0.25, 0.3) is 22.7 Å². The number of carbonyl (C=O) groups excluding carboxylic acids is 1. The molecule has 4 rings (SSSR count). The van der Waals surface area contributed by atoms with Gasteiger partial charge in [0.05, 0.1) is 16.6 Å². The van der Waals surface area contributed by atoms with E-state index in [0.29, 0.717) is 17.0 Å². The Morgan fingerprint density at radius 3 is 2.31 bits per heavy atom. The van der Waals surface area contributed by atoms with Crippen LogP contribution in [0.3, 0.4) is 0 Å². The van der Waals surface area contributed by atoms with Gasteiger partial charge in [-0.25, -0.2) is 9.37 Å². The van der Waals surface area contributed by atoms with Crippen molar-refractivity contribution in [2.75, 3.05) is 0 Å². The van der Waals surface area contributed by atoms with Crippen LogP contribution in [0.15, 0.2) is 78.9 Å². The van der Waals surface area contributed by atoms with Crippen molar-refractivity contribution in [2.45, 2.75) is 0 Å². The number of rotatable bonds is 4. The third-order valence-electron chi connectivity index (χ3n) is 4.11. The highest BCUT2D eigenvalue weighted by atomic mass is 19.1. The third kappa shape index (κ3) is 3.17. The summed E-state index contributed by atoms with van der Waals surface area (Å²) in [7, 11) is 0. The molecule has 1 N–H and O–H groups in total. The highest BCUT2D eigenvalue weighted by Gasteiger charge is 2.18. The molecule has 26 heavy (non-hydrogen) atoms.